The van der Waals surface area contributed by atoms with E-state index in [0.717, 1.165) is 25.7 Å². The second-order valence-electron chi connectivity index (χ2n) is 7.06. The van der Waals surface area contributed by atoms with Crippen molar-refractivity contribution in [3.8, 4) is 0 Å². The molecule has 0 aliphatic heterocycles. The maximum Gasteiger partial charge on any atom is 0.274 e. The van der Waals surface area contributed by atoms with Gasteiger partial charge in [-0.3, -0.25) is 9.59 Å². The molecule has 1 aliphatic rings. The van der Waals surface area contributed by atoms with E-state index in [-0.39, 0.29) is 35.7 Å². The highest BCUT2D eigenvalue weighted by Crippen LogP contribution is 2.27. The van der Waals surface area contributed by atoms with E-state index in [1.165, 1.54) is 4.68 Å². The minimum Gasteiger partial charge on any atom is -0.391 e. The number of fused-ring (bicyclic) bond motifs is 1. The second kappa shape index (κ2) is 7.35. The lowest BCUT2D eigenvalue weighted by molar-refractivity contribution is 0.0836. The zero-order chi connectivity index (χ0) is 18.0. The molecule has 6 nitrogen and oxygen atoms in total. The molecule has 6 heteroatoms. The number of hydrogen-bond acceptors (Lipinski definition) is 4. The van der Waals surface area contributed by atoms with E-state index in [4.69, 9.17) is 0 Å². The molecule has 3 rings (SSSR count). The zero-order valence-corrected chi connectivity index (χ0v) is 14.7. The summed E-state index contributed by atoms with van der Waals surface area (Å²) in [5.74, 6) is -0.0998. The summed E-state index contributed by atoms with van der Waals surface area (Å²) in [5, 5.41) is 18.3. The Morgan fingerprint density at radius 3 is 2.56 bits per heavy atom. The van der Waals surface area contributed by atoms with E-state index >= 15 is 0 Å². The van der Waals surface area contributed by atoms with Crippen LogP contribution in [0.4, 0.5) is 0 Å². The van der Waals surface area contributed by atoms with Crippen molar-refractivity contribution < 1.29 is 9.90 Å². The second-order valence-corrected chi connectivity index (χ2v) is 7.06. The number of aliphatic hydroxyl groups is 1. The highest BCUT2D eigenvalue weighted by Gasteiger charge is 2.24. The summed E-state index contributed by atoms with van der Waals surface area (Å²) < 4.78 is 1.34. The predicted molar refractivity (Wildman–Crippen MR) is 96.7 cm³/mol. The first-order valence-corrected chi connectivity index (χ1v) is 8.97. The highest BCUT2D eigenvalue weighted by molar-refractivity contribution is 6.04. The molecule has 0 bridgehead atoms. The van der Waals surface area contributed by atoms with Crippen LogP contribution in [0, 0.1) is 5.92 Å². The van der Waals surface area contributed by atoms with Crippen molar-refractivity contribution >= 4 is 16.7 Å². The monoisotopic (exact) mass is 343 g/mol. The Bertz CT molecular complexity index is 822. The molecule has 2 aromatic rings. The first-order valence-electron chi connectivity index (χ1n) is 8.97. The summed E-state index contributed by atoms with van der Waals surface area (Å²) in [6, 6.07) is 6.86. The minimum absolute atomic E-state index is 0.146. The first kappa shape index (κ1) is 17.6. The van der Waals surface area contributed by atoms with Gasteiger partial charge in [0.15, 0.2) is 5.69 Å². The minimum atomic E-state index is -0.534. The Balaban J connectivity index is 1.87. The molecule has 1 saturated carbocycles. The maximum absolute atomic E-state index is 12.7. The van der Waals surface area contributed by atoms with Gasteiger partial charge in [-0.1, -0.05) is 31.0 Å². The molecule has 0 radical (unpaired) electrons. The number of hydrogen-bond donors (Lipinski definition) is 2. The van der Waals surface area contributed by atoms with Crippen LogP contribution < -0.4 is 10.9 Å². The normalized spacial score (nSPS) is 16.5. The Kier molecular flexibility index (Phi) is 5.18. The van der Waals surface area contributed by atoms with Crippen molar-refractivity contribution in [1.82, 2.24) is 15.1 Å². The van der Waals surface area contributed by atoms with Gasteiger partial charge in [0, 0.05) is 11.9 Å². The third kappa shape index (κ3) is 3.58. The van der Waals surface area contributed by atoms with Crippen LogP contribution in [-0.2, 0) is 0 Å². The van der Waals surface area contributed by atoms with Gasteiger partial charge in [0.1, 0.15) is 0 Å². The van der Waals surface area contributed by atoms with Gasteiger partial charge in [0.2, 0.25) is 0 Å². The molecule has 1 aliphatic carbocycles. The van der Waals surface area contributed by atoms with Crippen molar-refractivity contribution in [1.29, 1.82) is 0 Å². The van der Waals surface area contributed by atoms with Gasteiger partial charge in [0.25, 0.3) is 11.5 Å². The Morgan fingerprint density at radius 2 is 1.92 bits per heavy atom. The average molecular weight is 343 g/mol. The van der Waals surface area contributed by atoms with Gasteiger partial charge in [-0.25, -0.2) is 4.68 Å². The van der Waals surface area contributed by atoms with Crippen LogP contribution in [0.1, 0.15) is 56.1 Å². The zero-order valence-electron chi connectivity index (χ0n) is 14.7. The molecule has 1 aromatic carbocycles. The summed E-state index contributed by atoms with van der Waals surface area (Å²) >= 11 is 0. The van der Waals surface area contributed by atoms with Crippen molar-refractivity contribution in [2.75, 3.05) is 6.54 Å². The number of aliphatic hydroxyl groups excluding tert-OH is 1. The van der Waals surface area contributed by atoms with Crippen LogP contribution in [-0.4, -0.2) is 33.4 Å². The number of carbonyl (C=O) groups is 1. The van der Waals surface area contributed by atoms with Gasteiger partial charge in [-0.05, 0) is 38.7 Å². The summed E-state index contributed by atoms with van der Waals surface area (Å²) in [5.41, 5.74) is 0.0238. The Labute approximate surface area is 146 Å². The molecule has 1 fully saturated rings. The fourth-order valence-corrected chi connectivity index (χ4v) is 3.51. The van der Waals surface area contributed by atoms with Crippen molar-refractivity contribution in [2.24, 2.45) is 5.92 Å². The third-order valence-corrected chi connectivity index (χ3v) is 4.95. The standard InChI is InChI=1S/C19H25N3O3/c1-12(2)22-19(25)15-10-6-5-9-14(15)17(21-22)18(24)20-11-16(23)13-7-3-4-8-13/h5-6,9-10,12-13,16,23H,3-4,7-8,11H2,1-2H3,(H,20,24). The van der Waals surface area contributed by atoms with E-state index in [1.807, 2.05) is 13.8 Å². The van der Waals surface area contributed by atoms with Crippen LogP contribution in [0.5, 0.6) is 0 Å². The number of aromatic nitrogens is 2. The molecule has 1 amide bonds. The number of nitrogens with one attached hydrogen (secondary N) is 1. The highest BCUT2D eigenvalue weighted by atomic mass is 16.3. The van der Waals surface area contributed by atoms with E-state index in [2.05, 4.69) is 10.4 Å². The number of carbonyl (C=O) groups excluding carboxylic acids is 1. The first-order chi connectivity index (χ1) is 12.0. The predicted octanol–water partition coefficient (Wildman–Crippen LogP) is 2.26. The van der Waals surface area contributed by atoms with Gasteiger partial charge in [0.05, 0.1) is 17.5 Å². The molecule has 1 atom stereocenters. The van der Waals surface area contributed by atoms with E-state index in [0.29, 0.717) is 10.8 Å². The van der Waals surface area contributed by atoms with E-state index in [9.17, 15) is 14.7 Å². The smallest absolute Gasteiger partial charge is 0.274 e. The molecule has 1 aromatic heterocycles. The molecule has 0 saturated heterocycles. The van der Waals surface area contributed by atoms with Crippen LogP contribution >= 0.6 is 0 Å². The number of amides is 1. The molecular formula is C19H25N3O3. The molecule has 134 valence electrons. The lowest BCUT2D eigenvalue weighted by Gasteiger charge is -2.18. The third-order valence-electron chi connectivity index (χ3n) is 4.95. The largest absolute Gasteiger partial charge is 0.391 e. The van der Waals surface area contributed by atoms with Crippen LogP contribution in [0.2, 0.25) is 0 Å². The molecule has 25 heavy (non-hydrogen) atoms. The Hall–Kier alpha value is -2.21. The van der Waals surface area contributed by atoms with Gasteiger partial charge < -0.3 is 10.4 Å². The summed E-state index contributed by atoms with van der Waals surface area (Å²) in [6.07, 6.45) is 3.77. The summed E-state index contributed by atoms with van der Waals surface area (Å²) in [7, 11) is 0. The lowest BCUT2D eigenvalue weighted by Crippen LogP contribution is -2.37. The fraction of sp³-hybridized carbons (Fsp3) is 0.526. The summed E-state index contributed by atoms with van der Waals surface area (Å²) in [6.45, 7) is 3.92. The SMILES string of the molecule is CC(C)n1nc(C(=O)NCC(O)C2CCCC2)c2ccccc2c1=O. The van der Waals surface area contributed by atoms with Gasteiger partial charge in [-0.15, -0.1) is 0 Å². The maximum atomic E-state index is 12.7. The average Bonchev–Trinajstić information content (AvgIpc) is 3.14. The quantitative estimate of drug-likeness (QED) is 0.872. The number of rotatable bonds is 5. The van der Waals surface area contributed by atoms with Crippen molar-refractivity contribution in [3.63, 3.8) is 0 Å². The molecule has 0 spiro atoms. The van der Waals surface area contributed by atoms with E-state index in [1.54, 1.807) is 24.3 Å². The molecular weight excluding hydrogens is 318 g/mol. The van der Waals surface area contributed by atoms with Crippen LogP contribution in [0.15, 0.2) is 29.1 Å². The molecule has 1 heterocycles. The molecule has 1 unspecified atom stereocenters. The topological polar surface area (TPSA) is 84.2 Å². The summed E-state index contributed by atoms with van der Waals surface area (Å²) in [4.78, 5) is 25.2. The van der Waals surface area contributed by atoms with Crippen molar-refractivity contribution in [2.45, 2.75) is 51.7 Å². The number of benzene rings is 1. The lowest BCUT2D eigenvalue weighted by atomic mass is 10.0. The van der Waals surface area contributed by atoms with Gasteiger partial charge in [-0.2, -0.15) is 5.10 Å². The number of nitrogens with zero attached hydrogens (tertiary/aromatic N) is 2. The van der Waals surface area contributed by atoms with Crippen LogP contribution in [0.3, 0.4) is 0 Å². The van der Waals surface area contributed by atoms with Crippen molar-refractivity contribution in [3.05, 3.63) is 40.3 Å². The fourth-order valence-electron chi connectivity index (χ4n) is 3.51. The van der Waals surface area contributed by atoms with Gasteiger partial charge >= 0.3 is 0 Å². The van der Waals surface area contributed by atoms with Crippen LogP contribution in [0.25, 0.3) is 10.8 Å². The van der Waals surface area contributed by atoms with E-state index < -0.39 is 6.10 Å². The molecule has 2 N–H and O–H groups in total. The Morgan fingerprint density at radius 1 is 1.28 bits per heavy atom.